The SMILES string of the molecule is O=C(CC1CCCC1)Nc1ccc(NC(=O)N2Cc3ccc(C(=O)O)cc3C2)cc1. The summed E-state index contributed by atoms with van der Waals surface area (Å²) in [5, 5.41) is 14.9. The molecule has 30 heavy (non-hydrogen) atoms. The number of rotatable bonds is 5. The lowest BCUT2D eigenvalue weighted by molar-refractivity contribution is -0.117. The number of benzene rings is 2. The molecule has 3 N–H and O–H groups in total. The number of carbonyl (C=O) groups is 3. The van der Waals surface area contributed by atoms with Gasteiger partial charge in [-0.1, -0.05) is 18.9 Å². The van der Waals surface area contributed by atoms with Gasteiger partial charge in [0.2, 0.25) is 5.91 Å². The maximum Gasteiger partial charge on any atom is 0.335 e. The number of nitrogens with one attached hydrogen (secondary N) is 2. The minimum atomic E-state index is -0.976. The fourth-order valence-electron chi connectivity index (χ4n) is 4.20. The van der Waals surface area contributed by atoms with Crippen molar-refractivity contribution < 1.29 is 19.5 Å². The van der Waals surface area contributed by atoms with Crippen LogP contribution in [0.2, 0.25) is 0 Å². The van der Waals surface area contributed by atoms with Crippen molar-refractivity contribution in [3.05, 3.63) is 59.2 Å². The number of carboxylic acids is 1. The van der Waals surface area contributed by atoms with E-state index in [9.17, 15) is 14.4 Å². The normalized spacial score (nSPS) is 15.7. The summed E-state index contributed by atoms with van der Waals surface area (Å²) in [7, 11) is 0. The molecule has 0 spiro atoms. The molecule has 1 fully saturated rings. The molecule has 3 amide bonds. The van der Waals surface area contributed by atoms with Gasteiger partial charge in [0.1, 0.15) is 0 Å². The van der Waals surface area contributed by atoms with Gasteiger partial charge in [-0.05, 0) is 66.3 Å². The monoisotopic (exact) mass is 407 g/mol. The average Bonchev–Trinajstić information content (AvgIpc) is 3.38. The number of carbonyl (C=O) groups excluding carboxylic acids is 2. The summed E-state index contributed by atoms with van der Waals surface area (Å²) >= 11 is 0. The number of nitrogens with zero attached hydrogens (tertiary/aromatic N) is 1. The minimum Gasteiger partial charge on any atom is -0.478 e. The summed E-state index contributed by atoms with van der Waals surface area (Å²) in [6.45, 7) is 0.813. The zero-order chi connectivity index (χ0) is 21.1. The molecule has 0 bridgehead atoms. The Kier molecular flexibility index (Phi) is 5.70. The zero-order valence-corrected chi connectivity index (χ0v) is 16.7. The van der Waals surface area contributed by atoms with Gasteiger partial charge in [0, 0.05) is 30.9 Å². The first kappa shape index (κ1) is 19.9. The molecule has 1 aliphatic heterocycles. The Balaban J connectivity index is 1.30. The molecule has 7 heteroatoms. The molecule has 7 nitrogen and oxygen atoms in total. The number of fused-ring (bicyclic) bond motifs is 1. The maximum atomic E-state index is 12.6. The molecule has 0 saturated heterocycles. The lowest BCUT2D eigenvalue weighted by Crippen LogP contribution is -2.30. The molecular weight excluding hydrogens is 382 g/mol. The van der Waals surface area contributed by atoms with Gasteiger partial charge < -0.3 is 20.6 Å². The van der Waals surface area contributed by atoms with Crippen molar-refractivity contribution in [3.8, 4) is 0 Å². The molecule has 0 unspecified atom stereocenters. The number of hydrogen-bond acceptors (Lipinski definition) is 3. The Hall–Kier alpha value is -3.35. The van der Waals surface area contributed by atoms with E-state index >= 15 is 0 Å². The van der Waals surface area contributed by atoms with E-state index < -0.39 is 5.97 Å². The third-order valence-corrected chi connectivity index (χ3v) is 5.83. The average molecular weight is 407 g/mol. The third kappa shape index (κ3) is 4.62. The van der Waals surface area contributed by atoms with Crippen LogP contribution >= 0.6 is 0 Å². The van der Waals surface area contributed by atoms with E-state index in [1.54, 1.807) is 47.4 Å². The molecular formula is C23H25N3O4. The highest BCUT2D eigenvalue weighted by atomic mass is 16.4. The topological polar surface area (TPSA) is 98.7 Å². The standard InChI is InChI=1S/C23H25N3O4/c27-21(11-15-3-1-2-4-15)24-19-7-9-20(10-8-19)25-23(30)26-13-17-6-5-16(22(28)29)12-18(17)14-26/h5-10,12,15H,1-4,11,13-14H2,(H,24,27)(H,25,30)(H,28,29). The van der Waals surface area contributed by atoms with Crippen molar-refractivity contribution in [2.24, 2.45) is 5.92 Å². The van der Waals surface area contributed by atoms with Crippen LogP contribution in [0.15, 0.2) is 42.5 Å². The van der Waals surface area contributed by atoms with Crippen molar-refractivity contribution >= 4 is 29.3 Å². The predicted octanol–water partition coefficient (Wildman–Crippen LogP) is 4.45. The Morgan fingerprint density at radius 2 is 1.53 bits per heavy atom. The first-order valence-corrected chi connectivity index (χ1v) is 10.3. The number of urea groups is 1. The Morgan fingerprint density at radius 1 is 0.900 bits per heavy atom. The van der Waals surface area contributed by atoms with Gasteiger partial charge in [-0.2, -0.15) is 0 Å². The lowest BCUT2D eigenvalue weighted by atomic mass is 10.0. The largest absolute Gasteiger partial charge is 0.478 e. The Labute approximate surface area is 175 Å². The van der Waals surface area contributed by atoms with Crippen LogP contribution in [0.5, 0.6) is 0 Å². The number of amides is 3. The number of anilines is 2. The molecule has 4 rings (SSSR count). The highest BCUT2D eigenvalue weighted by Gasteiger charge is 2.24. The Bertz CT molecular complexity index is 965. The van der Waals surface area contributed by atoms with E-state index in [1.807, 2.05) is 0 Å². The fourth-order valence-corrected chi connectivity index (χ4v) is 4.20. The maximum absolute atomic E-state index is 12.6. The van der Waals surface area contributed by atoms with Crippen LogP contribution in [-0.4, -0.2) is 27.9 Å². The molecule has 156 valence electrons. The summed E-state index contributed by atoms with van der Waals surface area (Å²) in [5.41, 5.74) is 3.38. The molecule has 1 saturated carbocycles. The summed E-state index contributed by atoms with van der Waals surface area (Å²) in [6, 6.07) is 11.8. The predicted molar refractivity (Wildman–Crippen MR) is 113 cm³/mol. The van der Waals surface area contributed by atoms with Crippen molar-refractivity contribution in [2.45, 2.75) is 45.2 Å². The van der Waals surface area contributed by atoms with E-state index in [0.717, 1.165) is 24.0 Å². The van der Waals surface area contributed by atoms with Gasteiger partial charge >= 0.3 is 12.0 Å². The lowest BCUT2D eigenvalue weighted by Gasteiger charge is -2.16. The minimum absolute atomic E-state index is 0.0363. The highest BCUT2D eigenvalue weighted by Crippen LogP contribution is 2.28. The summed E-state index contributed by atoms with van der Waals surface area (Å²) in [4.78, 5) is 37.5. The summed E-state index contributed by atoms with van der Waals surface area (Å²) in [6.07, 6.45) is 5.27. The summed E-state index contributed by atoms with van der Waals surface area (Å²) in [5.74, 6) is -0.440. The smallest absolute Gasteiger partial charge is 0.335 e. The van der Waals surface area contributed by atoms with Gasteiger partial charge in [0.05, 0.1) is 5.56 Å². The van der Waals surface area contributed by atoms with Gasteiger partial charge in [-0.15, -0.1) is 0 Å². The van der Waals surface area contributed by atoms with Crippen molar-refractivity contribution in [1.29, 1.82) is 0 Å². The van der Waals surface area contributed by atoms with Crippen LogP contribution in [-0.2, 0) is 17.9 Å². The number of aromatic carboxylic acids is 1. The first-order chi connectivity index (χ1) is 14.5. The van der Waals surface area contributed by atoms with Crippen molar-refractivity contribution in [3.63, 3.8) is 0 Å². The highest BCUT2D eigenvalue weighted by molar-refractivity contribution is 5.93. The van der Waals surface area contributed by atoms with Crippen LogP contribution in [0.1, 0.15) is 53.6 Å². The Morgan fingerprint density at radius 3 is 2.20 bits per heavy atom. The van der Waals surface area contributed by atoms with Crippen molar-refractivity contribution in [2.75, 3.05) is 10.6 Å². The molecule has 0 atom stereocenters. The van der Waals surface area contributed by atoms with Gasteiger partial charge in [-0.3, -0.25) is 4.79 Å². The third-order valence-electron chi connectivity index (χ3n) is 5.83. The van der Waals surface area contributed by atoms with Gasteiger partial charge in [0.15, 0.2) is 0 Å². The molecule has 2 aliphatic rings. The number of hydrogen-bond donors (Lipinski definition) is 3. The fraction of sp³-hybridized carbons (Fsp3) is 0.348. The van der Waals surface area contributed by atoms with Gasteiger partial charge in [0.25, 0.3) is 0 Å². The van der Waals surface area contributed by atoms with Crippen molar-refractivity contribution in [1.82, 2.24) is 4.90 Å². The quantitative estimate of drug-likeness (QED) is 0.682. The number of carboxylic acid groups (broad SMARTS) is 1. The zero-order valence-electron chi connectivity index (χ0n) is 16.7. The molecule has 1 heterocycles. The molecule has 2 aromatic rings. The van der Waals surface area contributed by atoms with Crippen LogP contribution < -0.4 is 10.6 Å². The van der Waals surface area contributed by atoms with E-state index in [0.29, 0.717) is 36.8 Å². The van der Waals surface area contributed by atoms with E-state index in [1.165, 1.54) is 12.8 Å². The second kappa shape index (κ2) is 8.57. The van der Waals surface area contributed by atoms with Crippen LogP contribution in [0.3, 0.4) is 0 Å². The molecule has 0 radical (unpaired) electrons. The van der Waals surface area contributed by atoms with Crippen LogP contribution in [0.25, 0.3) is 0 Å². The van der Waals surface area contributed by atoms with Crippen LogP contribution in [0, 0.1) is 5.92 Å². The molecule has 2 aromatic carbocycles. The second-order valence-electron chi connectivity index (χ2n) is 8.05. The summed E-state index contributed by atoms with van der Waals surface area (Å²) < 4.78 is 0. The van der Waals surface area contributed by atoms with E-state index in [4.69, 9.17) is 5.11 Å². The van der Waals surface area contributed by atoms with E-state index in [-0.39, 0.29) is 17.5 Å². The second-order valence-corrected chi connectivity index (χ2v) is 8.05. The van der Waals surface area contributed by atoms with E-state index in [2.05, 4.69) is 10.6 Å². The van der Waals surface area contributed by atoms with Crippen LogP contribution in [0.4, 0.5) is 16.2 Å². The molecule has 0 aromatic heterocycles. The molecule has 1 aliphatic carbocycles. The van der Waals surface area contributed by atoms with Gasteiger partial charge in [-0.25, -0.2) is 9.59 Å². The first-order valence-electron chi connectivity index (χ1n) is 10.3.